The Labute approximate surface area is 125 Å². The fraction of sp³-hybridized carbons (Fsp3) is 0.647. The van der Waals surface area contributed by atoms with Crippen LogP contribution in [0.2, 0.25) is 0 Å². The van der Waals surface area contributed by atoms with Gasteiger partial charge in [0.2, 0.25) is 5.91 Å². The van der Waals surface area contributed by atoms with E-state index in [1.165, 1.54) is 5.56 Å². The predicted molar refractivity (Wildman–Crippen MR) is 82.2 cm³/mol. The van der Waals surface area contributed by atoms with E-state index < -0.39 is 5.41 Å². The molecule has 114 valence electrons. The zero-order chi connectivity index (χ0) is 15.0. The second kappa shape index (κ2) is 5.32. The molecule has 1 aromatic heterocycles. The number of hydrogen-bond acceptors (Lipinski definition) is 2. The number of amides is 1. The number of primary amides is 1. The summed E-state index contributed by atoms with van der Waals surface area (Å²) in [5.74, 6) is -0.206. The Hall–Kier alpha value is -1.58. The van der Waals surface area contributed by atoms with E-state index in [1.807, 2.05) is 6.07 Å². The quantitative estimate of drug-likeness (QED) is 0.875. The largest absolute Gasteiger partial charge is 0.369 e. The molecule has 1 fully saturated rings. The van der Waals surface area contributed by atoms with Gasteiger partial charge in [0.15, 0.2) is 0 Å². The number of aromatic amines is 1. The molecule has 1 saturated carbocycles. The molecule has 2 unspecified atom stereocenters. The Kier molecular flexibility index (Phi) is 3.64. The Morgan fingerprint density at radius 2 is 2.05 bits per heavy atom. The van der Waals surface area contributed by atoms with Crippen molar-refractivity contribution < 1.29 is 4.79 Å². The minimum atomic E-state index is -0.779. The number of aromatic nitrogens is 1. The summed E-state index contributed by atoms with van der Waals surface area (Å²) in [6.45, 7) is 2.06. The van der Waals surface area contributed by atoms with Crippen LogP contribution >= 0.6 is 0 Å². The van der Waals surface area contributed by atoms with E-state index in [-0.39, 0.29) is 17.4 Å². The number of fused-ring (bicyclic) bond motifs is 1. The molecule has 4 heteroatoms. The van der Waals surface area contributed by atoms with Crippen molar-refractivity contribution in [2.24, 2.45) is 11.7 Å². The van der Waals surface area contributed by atoms with Crippen LogP contribution in [0.5, 0.6) is 0 Å². The van der Waals surface area contributed by atoms with Crippen molar-refractivity contribution in [3.63, 3.8) is 0 Å². The van der Waals surface area contributed by atoms with E-state index in [1.54, 1.807) is 0 Å². The fourth-order valence-electron chi connectivity index (χ4n) is 4.25. The van der Waals surface area contributed by atoms with Gasteiger partial charge in [-0.05, 0) is 56.1 Å². The van der Waals surface area contributed by atoms with Crippen LogP contribution in [0.15, 0.2) is 10.9 Å². The van der Waals surface area contributed by atoms with Gasteiger partial charge in [-0.25, -0.2) is 0 Å². The highest BCUT2D eigenvalue weighted by atomic mass is 16.1. The second-order valence-corrected chi connectivity index (χ2v) is 6.71. The molecule has 0 aromatic carbocycles. The SMILES string of the molecule is CC1CCCCC1(C(N)=O)c1cc2c([nH]c1=O)CCCC2. The summed E-state index contributed by atoms with van der Waals surface area (Å²) < 4.78 is 0. The van der Waals surface area contributed by atoms with Gasteiger partial charge in [-0.1, -0.05) is 19.8 Å². The number of H-pyrrole nitrogens is 1. The standard InChI is InChI=1S/C17H24N2O2/c1-11-6-4-5-9-17(11,16(18)21)13-10-12-7-2-3-8-14(12)19-15(13)20/h10-11H,2-9H2,1H3,(H2,18,21)(H,19,20). The van der Waals surface area contributed by atoms with E-state index >= 15 is 0 Å². The highest BCUT2D eigenvalue weighted by Crippen LogP contribution is 2.42. The maximum absolute atomic E-state index is 12.6. The van der Waals surface area contributed by atoms with Crippen LogP contribution in [0.25, 0.3) is 0 Å². The van der Waals surface area contributed by atoms with Crippen LogP contribution < -0.4 is 11.3 Å². The lowest BCUT2D eigenvalue weighted by Crippen LogP contribution is -2.51. The maximum atomic E-state index is 12.6. The summed E-state index contributed by atoms with van der Waals surface area (Å²) in [6, 6.07) is 1.99. The first-order chi connectivity index (χ1) is 10.1. The first kappa shape index (κ1) is 14.4. The van der Waals surface area contributed by atoms with Crippen molar-refractivity contribution >= 4 is 5.91 Å². The fourth-order valence-corrected chi connectivity index (χ4v) is 4.25. The van der Waals surface area contributed by atoms with Crippen LogP contribution in [0.4, 0.5) is 0 Å². The summed E-state index contributed by atoms with van der Waals surface area (Å²) in [5, 5.41) is 0. The lowest BCUT2D eigenvalue weighted by molar-refractivity contribution is -0.126. The van der Waals surface area contributed by atoms with Gasteiger partial charge in [-0.3, -0.25) is 9.59 Å². The Morgan fingerprint density at radius 3 is 2.76 bits per heavy atom. The molecule has 0 radical (unpaired) electrons. The van der Waals surface area contributed by atoms with Crippen molar-refractivity contribution in [2.75, 3.05) is 0 Å². The van der Waals surface area contributed by atoms with Gasteiger partial charge in [0, 0.05) is 11.3 Å². The molecule has 3 N–H and O–H groups in total. The van der Waals surface area contributed by atoms with Crippen molar-refractivity contribution in [3.05, 3.63) is 33.2 Å². The molecule has 2 atom stereocenters. The first-order valence-corrected chi connectivity index (χ1v) is 8.11. The molecule has 1 amide bonds. The molecule has 0 spiro atoms. The van der Waals surface area contributed by atoms with Gasteiger partial charge in [-0.2, -0.15) is 0 Å². The van der Waals surface area contributed by atoms with Gasteiger partial charge in [-0.15, -0.1) is 0 Å². The number of carbonyl (C=O) groups excluding carboxylic acids is 1. The third-order valence-corrected chi connectivity index (χ3v) is 5.56. The topological polar surface area (TPSA) is 76.0 Å². The number of rotatable bonds is 2. The molecule has 0 bridgehead atoms. The van der Waals surface area contributed by atoms with Crippen molar-refractivity contribution in [2.45, 2.75) is 63.7 Å². The van der Waals surface area contributed by atoms with E-state index in [4.69, 9.17) is 5.73 Å². The molecule has 0 aliphatic heterocycles. The molecule has 4 nitrogen and oxygen atoms in total. The molecule has 2 aliphatic rings. The molecule has 2 aliphatic carbocycles. The summed E-state index contributed by atoms with van der Waals surface area (Å²) >= 11 is 0. The monoisotopic (exact) mass is 288 g/mol. The van der Waals surface area contributed by atoms with Gasteiger partial charge in [0.25, 0.3) is 5.56 Å². The summed E-state index contributed by atoms with van der Waals surface area (Å²) in [4.78, 5) is 27.9. The normalized spacial score (nSPS) is 28.9. The zero-order valence-corrected chi connectivity index (χ0v) is 12.7. The van der Waals surface area contributed by atoms with E-state index in [9.17, 15) is 9.59 Å². The predicted octanol–water partition coefficient (Wildman–Crippen LogP) is 2.19. The van der Waals surface area contributed by atoms with Gasteiger partial charge < -0.3 is 10.7 Å². The summed E-state index contributed by atoms with van der Waals surface area (Å²) in [7, 11) is 0. The average molecular weight is 288 g/mol. The van der Waals surface area contributed by atoms with Crippen LogP contribution in [0, 0.1) is 5.92 Å². The Morgan fingerprint density at radius 1 is 1.29 bits per heavy atom. The van der Waals surface area contributed by atoms with E-state index in [0.29, 0.717) is 12.0 Å². The number of hydrogen-bond donors (Lipinski definition) is 2. The summed E-state index contributed by atoms with van der Waals surface area (Å²) in [5.41, 5.74) is 7.76. The third-order valence-electron chi connectivity index (χ3n) is 5.56. The number of pyridine rings is 1. The summed E-state index contributed by atoms with van der Waals surface area (Å²) in [6.07, 6.45) is 7.93. The molecule has 1 heterocycles. The molecule has 3 rings (SSSR count). The lowest BCUT2D eigenvalue weighted by Gasteiger charge is -2.40. The first-order valence-electron chi connectivity index (χ1n) is 8.11. The van der Waals surface area contributed by atoms with Crippen molar-refractivity contribution in [1.29, 1.82) is 0 Å². The third kappa shape index (κ3) is 2.21. The van der Waals surface area contributed by atoms with E-state index in [2.05, 4.69) is 11.9 Å². The minimum Gasteiger partial charge on any atom is -0.369 e. The average Bonchev–Trinajstić information content (AvgIpc) is 2.47. The highest BCUT2D eigenvalue weighted by molar-refractivity contribution is 5.87. The minimum absolute atomic E-state index is 0.108. The van der Waals surface area contributed by atoms with E-state index in [0.717, 1.165) is 50.6 Å². The number of nitrogens with two attached hydrogens (primary N) is 1. The smallest absolute Gasteiger partial charge is 0.252 e. The number of nitrogens with one attached hydrogen (secondary N) is 1. The highest BCUT2D eigenvalue weighted by Gasteiger charge is 2.46. The van der Waals surface area contributed by atoms with Crippen molar-refractivity contribution in [3.8, 4) is 0 Å². The Balaban J connectivity index is 2.16. The lowest BCUT2D eigenvalue weighted by atomic mass is 9.62. The van der Waals surface area contributed by atoms with Crippen LogP contribution in [0.1, 0.15) is 62.3 Å². The number of aryl methyl sites for hydroxylation is 2. The van der Waals surface area contributed by atoms with Crippen LogP contribution in [-0.4, -0.2) is 10.9 Å². The molecule has 0 saturated heterocycles. The second-order valence-electron chi connectivity index (χ2n) is 6.71. The van der Waals surface area contributed by atoms with Gasteiger partial charge in [0.05, 0.1) is 5.41 Å². The molecule has 1 aromatic rings. The molecule has 21 heavy (non-hydrogen) atoms. The number of carbonyl (C=O) groups is 1. The van der Waals surface area contributed by atoms with Gasteiger partial charge in [0.1, 0.15) is 0 Å². The van der Waals surface area contributed by atoms with Crippen LogP contribution in [-0.2, 0) is 23.1 Å². The van der Waals surface area contributed by atoms with Crippen molar-refractivity contribution in [1.82, 2.24) is 4.98 Å². The molecular weight excluding hydrogens is 264 g/mol. The molecular formula is C17H24N2O2. The van der Waals surface area contributed by atoms with Crippen LogP contribution in [0.3, 0.4) is 0 Å². The maximum Gasteiger partial charge on any atom is 0.252 e. The van der Waals surface area contributed by atoms with Gasteiger partial charge >= 0.3 is 0 Å². The zero-order valence-electron chi connectivity index (χ0n) is 12.7. The Bertz CT molecular complexity index is 620.